The Morgan fingerprint density at radius 3 is 2.48 bits per heavy atom. The highest BCUT2D eigenvalue weighted by Gasteiger charge is 2.19. The topological polar surface area (TPSA) is 67.4 Å². The molecule has 2 amide bonds. The van der Waals surface area contributed by atoms with Gasteiger partial charge in [0, 0.05) is 6.04 Å². The van der Waals surface area contributed by atoms with Crippen LogP contribution < -0.4 is 10.6 Å². The van der Waals surface area contributed by atoms with Crippen molar-refractivity contribution in [1.82, 2.24) is 5.32 Å². The van der Waals surface area contributed by atoms with Crippen molar-refractivity contribution in [1.29, 1.82) is 0 Å². The third-order valence-electron chi connectivity index (χ3n) is 2.39. The highest BCUT2D eigenvalue weighted by Crippen LogP contribution is 2.12. The Balaban J connectivity index is 2.44. The van der Waals surface area contributed by atoms with Crippen LogP contribution in [0.2, 0.25) is 0 Å². The lowest BCUT2D eigenvalue weighted by Gasteiger charge is -2.21. The Kier molecular flexibility index (Phi) is 5.69. The number of carbonyl (C=O) groups is 2. The molecule has 2 N–H and O–H groups in total. The second kappa shape index (κ2) is 7.06. The molecular weight excluding hydrogens is 275 g/mol. The van der Waals surface area contributed by atoms with Crippen molar-refractivity contribution in [3.05, 3.63) is 30.1 Å². The summed E-state index contributed by atoms with van der Waals surface area (Å²) in [7, 11) is 0. The lowest BCUT2D eigenvalue weighted by atomic mass is 10.2. The molecule has 0 aliphatic rings. The van der Waals surface area contributed by atoms with Gasteiger partial charge in [0.2, 0.25) is 0 Å². The van der Waals surface area contributed by atoms with E-state index in [9.17, 15) is 14.0 Å². The van der Waals surface area contributed by atoms with Crippen molar-refractivity contribution in [3.8, 4) is 0 Å². The van der Waals surface area contributed by atoms with Crippen LogP contribution in [-0.4, -0.2) is 23.6 Å². The standard InChI is InChI=1S/C15H21FN2O3/c1-10(9-13(19)21-15(2,3)4)17-14(20)18-12-8-6-5-7-11(12)16/h5-8,10H,9H2,1-4H3,(H2,17,18,20). The van der Waals surface area contributed by atoms with Crippen molar-refractivity contribution in [2.75, 3.05) is 5.32 Å². The number of amides is 2. The summed E-state index contributed by atoms with van der Waals surface area (Å²) in [6, 6.07) is 4.85. The molecule has 1 atom stereocenters. The SMILES string of the molecule is CC(CC(=O)OC(C)(C)C)NC(=O)Nc1ccccc1F. The molecule has 1 aromatic rings. The minimum atomic E-state index is -0.573. The van der Waals surface area contributed by atoms with Gasteiger partial charge in [0.15, 0.2) is 0 Å². The zero-order valence-corrected chi connectivity index (χ0v) is 12.7. The first kappa shape index (κ1) is 16.9. The number of esters is 1. The fourth-order valence-electron chi connectivity index (χ4n) is 1.63. The number of ether oxygens (including phenoxy) is 1. The van der Waals surface area contributed by atoms with Crippen LogP contribution in [0.15, 0.2) is 24.3 Å². The van der Waals surface area contributed by atoms with E-state index in [0.717, 1.165) is 0 Å². The van der Waals surface area contributed by atoms with Gasteiger partial charge in [-0.25, -0.2) is 9.18 Å². The molecule has 1 rings (SSSR count). The van der Waals surface area contributed by atoms with Gasteiger partial charge in [0.25, 0.3) is 0 Å². The van der Waals surface area contributed by atoms with Crippen molar-refractivity contribution in [2.24, 2.45) is 0 Å². The van der Waals surface area contributed by atoms with Crippen LogP contribution >= 0.6 is 0 Å². The van der Waals surface area contributed by atoms with Crippen LogP contribution in [-0.2, 0) is 9.53 Å². The zero-order valence-electron chi connectivity index (χ0n) is 12.7. The molecule has 116 valence electrons. The predicted molar refractivity (Wildman–Crippen MR) is 78.5 cm³/mol. The average Bonchev–Trinajstić information content (AvgIpc) is 2.28. The number of carbonyl (C=O) groups excluding carboxylic acids is 2. The third-order valence-corrected chi connectivity index (χ3v) is 2.39. The van der Waals surface area contributed by atoms with Gasteiger partial charge in [0.05, 0.1) is 12.1 Å². The van der Waals surface area contributed by atoms with E-state index in [-0.39, 0.29) is 12.1 Å². The van der Waals surface area contributed by atoms with E-state index >= 15 is 0 Å². The Bertz CT molecular complexity index is 512. The molecule has 1 aromatic carbocycles. The van der Waals surface area contributed by atoms with E-state index in [1.54, 1.807) is 33.8 Å². The molecule has 0 fully saturated rings. The van der Waals surface area contributed by atoms with Crippen LogP contribution in [0.4, 0.5) is 14.9 Å². The summed E-state index contributed by atoms with van der Waals surface area (Å²) in [4.78, 5) is 23.3. The molecule has 6 heteroatoms. The smallest absolute Gasteiger partial charge is 0.319 e. The van der Waals surface area contributed by atoms with E-state index in [0.29, 0.717) is 0 Å². The maximum absolute atomic E-state index is 13.4. The number of rotatable bonds is 4. The van der Waals surface area contributed by atoms with Gasteiger partial charge in [-0.15, -0.1) is 0 Å². The van der Waals surface area contributed by atoms with E-state index in [1.807, 2.05) is 0 Å². The molecule has 0 aromatic heterocycles. The number of halogens is 1. The van der Waals surface area contributed by atoms with Gasteiger partial charge >= 0.3 is 12.0 Å². The Labute approximate surface area is 123 Å². The molecule has 0 saturated heterocycles. The van der Waals surface area contributed by atoms with Crippen molar-refractivity contribution < 1.29 is 18.7 Å². The summed E-state index contributed by atoms with van der Waals surface area (Å²) >= 11 is 0. The summed E-state index contributed by atoms with van der Waals surface area (Å²) in [6.45, 7) is 6.99. The fourth-order valence-corrected chi connectivity index (χ4v) is 1.63. The second-order valence-corrected chi connectivity index (χ2v) is 5.77. The molecule has 0 aliphatic heterocycles. The minimum Gasteiger partial charge on any atom is -0.460 e. The van der Waals surface area contributed by atoms with E-state index < -0.39 is 29.5 Å². The van der Waals surface area contributed by atoms with E-state index in [2.05, 4.69) is 10.6 Å². The number of nitrogens with one attached hydrogen (secondary N) is 2. The van der Waals surface area contributed by atoms with Gasteiger partial charge in [-0.2, -0.15) is 0 Å². The monoisotopic (exact) mass is 296 g/mol. The van der Waals surface area contributed by atoms with Crippen molar-refractivity contribution in [2.45, 2.75) is 45.8 Å². The predicted octanol–water partition coefficient (Wildman–Crippen LogP) is 3.07. The van der Waals surface area contributed by atoms with Gasteiger partial charge in [0.1, 0.15) is 11.4 Å². The zero-order chi connectivity index (χ0) is 16.0. The largest absolute Gasteiger partial charge is 0.460 e. The highest BCUT2D eigenvalue weighted by atomic mass is 19.1. The highest BCUT2D eigenvalue weighted by molar-refractivity contribution is 5.89. The first-order valence-corrected chi connectivity index (χ1v) is 6.71. The summed E-state index contributed by atoms with van der Waals surface area (Å²) in [6.07, 6.45) is 0.0436. The van der Waals surface area contributed by atoms with Gasteiger partial charge in [-0.05, 0) is 39.8 Å². The normalized spacial score (nSPS) is 12.4. The Morgan fingerprint density at radius 1 is 1.29 bits per heavy atom. The third kappa shape index (κ3) is 6.74. The number of benzene rings is 1. The number of urea groups is 1. The number of hydrogen-bond acceptors (Lipinski definition) is 3. The van der Waals surface area contributed by atoms with Crippen LogP contribution in [0.1, 0.15) is 34.1 Å². The first-order valence-electron chi connectivity index (χ1n) is 6.71. The first-order chi connectivity index (χ1) is 9.67. The Morgan fingerprint density at radius 2 is 1.90 bits per heavy atom. The van der Waals surface area contributed by atoms with E-state index in [4.69, 9.17) is 4.74 Å². The molecule has 0 spiro atoms. The summed E-state index contributed by atoms with van der Waals surface area (Å²) < 4.78 is 18.5. The van der Waals surface area contributed by atoms with Crippen LogP contribution in [0, 0.1) is 5.82 Å². The average molecular weight is 296 g/mol. The Hall–Kier alpha value is -2.11. The quantitative estimate of drug-likeness (QED) is 0.839. The van der Waals surface area contributed by atoms with E-state index in [1.165, 1.54) is 18.2 Å². The summed E-state index contributed by atoms with van der Waals surface area (Å²) in [5.74, 6) is -0.923. The number of anilines is 1. The molecule has 0 saturated carbocycles. The van der Waals surface area contributed by atoms with Crippen molar-refractivity contribution >= 4 is 17.7 Å². The van der Waals surface area contributed by atoms with Gasteiger partial charge < -0.3 is 15.4 Å². The van der Waals surface area contributed by atoms with Gasteiger partial charge in [-0.1, -0.05) is 12.1 Å². The number of para-hydroxylation sites is 1. The molecule has 1 unspecified atom stereocenters. The number of hydrogen-bond donors (Lipinski definition) is 2. The molecule has 0 bridgehead atoms. The second-order valence-electron chi connectivity index (χ2n) is 5.77. The molecule has 0 heterocycles. The van der Waals surface area contributed by atoms with Crippen LogP contribution in [0.5, 0.6) is 0 Å². The van der Waals surface area contributed by atoms with Crippen LogP contribution in [0.25, 0.3) is 0 Å². The molecule has 0 radical (unpaired) electrons. The maximum atomic E-state index is 13.4. The van der Waals surface area contributed by atoms with Crippen LogP contribution in [0.3, 0.4) is 0 Å². The molecule has 0 aliphatic carbocycles. The van der Waals surface area contributed by atoms with Crippen molar-refractivity contribution in [3.63, 3.8) is 0 Å². The summed E-state index contributed by atoms with van der Waals surface area (Å²) in [5.41, 5.74) is -0.480. The summed E-state index contributed by atoms with van der Waals surface area (Å²) in [5, 5.41) is 4.94. The minimum absolute atomic E-state index is 0.0436. The fraction of sp³-hybridized carbons (Fsp3) is 0.467. The molecule has 21 heavy (non-hydrogen) atoms. The van der Waals surface area contributed by atoms with Gasteiger partial charge in [-0.3, -0.25) is 4.79 Å². The molecule has 5 nitrogen and oxygen atoms in total. The lowest BCUT2D eigenvalue weighted by molar-refractivity contribution is -0.155. The molecular formula is C15H21FN2O3. The lowest BCUT2D eigenvalue weighted by Crippen LogP contribution is -2.38. The maximum Gasteiger partial charge on any atom is 0.319 e.